The largest absolute Gasteiger partial charge is 0.469 e. The standard InChI is InChI=1S/C14H22N2O2/c1-11(4-7-13-3-2-10-18-13)15-8-9-16-14(17)12-5-6-12/h2-3,10-12,15H,4-9H2,1H3,(H,16,17). The molecule has 1 unspecified atom stereocenters. The molecule has 1 aromatic heterocycles. The minimum atomic E-state index is 0.222. The summed E-state index contributed by atoms with van der Waals surface area (Å²) in [6.45, 7) is 3.71. The summed E-state index contributed by atoms with van der Waals surface area (Å²) in [5.74, 6) is 1.56. The lowest BCUT2D eigenvalue weighted by atomic mass is 10.1. The van der Waals surface area contributed by atoms with Crippen LogP contribution in [-0.4, -0.2) is 25.0 Å². The number of amides is 1. The van der Waals surface area contributed by atoms with Crippen molar-refractivity contribution in [2.45, 2.75) is 38.6 Å². The van der Waals surface area contributed by atoms with Crippen LogP contribution < -0.4 is 10.6 Å². The van der Waals surface area contributed by atoms with Crippen LogP contribution in [0, 0.1) is 5.92 Å². The van der Waals surface area contributed by atoms with Gasteiger partial charge >= 0.3 is 0 Å². The molecule has 0 bridgehead atoms. The second kappa shape index (κ2) is 6.59. The molecular formula is C14H22N2O2. The van der Waals surface area contributed by atoms with Crippen LogP contribution >= 0.6 is 0 Å². The summed E-state index contributed by atoms with van der Waals surface area (Å²) in [6, 6.07) is 4.36. The van der Waals surface area contributed by atoms with Gasteiger partial charge in [-0.25, -0.2) is 0 Å². The molecule has 1 heterocycles. The van der Waals surface area contributed by atoms with Gasteiger partial charge in [0.25, 0.3) is 0 Å². The fraction of sp³-hybridized carbons (Fsp3) is 0.643. The van der Waals surface area contributed by atoms with E-state index < -0.39 is 0 Å². The second-order valence-corrected chi connectivity index (χ2v) is 5.04. The van der Waals surface area contributed by atoms with Gasteiger partial charge in [-0.1, -0.05) is 0 Å². The maximum atomic E-state index is 11.4. The molecular weight excluding hydrogens is 228 g/mol. The highest BCUT2D eigenvalue weighted by Gasteiger charge is 2.28. The van der Waals surface area contributed by atoms with E-state index in [2.05, 4.69) is 17.6 Å². The number of nitrogens with one attached hydrogen (secondary N) is 2. The average Bonchev–Trinajstić information content (AvgIpc) is 3.09. The molecule has 1 aromatic rings. The third kappa shape index (κ3) is 4.53. The summed E-state index contributed by atoms with van der Waals surface area (Å²) in [5, 5.41) is 6.35. The Morgan fingerprint density at radius 3 is 3.00 bits per heavy atom. The number of aryl methyl sites for hydroxylation is 1. The van der Waals surface area contributed by atoms with Crippen molar-refractivity contribution in [3.8, 4) is 0 Å². The van der Waals surface area contributed by atoms with Crippen LogP contribution in [0.1, 0.15) is 31.9 Å². The molecule has 2 N–H and O–H groups in total. The normalized spacial score (nSPS) is 16.5. The Kier molecular flexibility index (Phi) is 4.81. The first-order valence-electron chi connectivity index (χ1n) is 6.79. The van der Waals surface area contributed by atoms with Gasteiger partial charge < -0.3 is 15.1 Å². The fourth-order valence-corrected chi connectivity index (χ4v) is 1.91. The number of carbonyl (C=O) groups excluding carboxylic acids is 1. The zero-order valence-electron chi connectivity index (χ0n) is 10.9. The number of hydrogen-bond donors (Lipinski definition) is 2. The molecule has 1 aliphatic carbocycles. The van der Waals surface area contributed by atoms with Gasteiger partial charge in [0.15, 0.2) is 0 Å². The molecule has 0 spiro atoms. The first-order chi connectivity index (χ1) is 8.75. The zero-order chi connectivity index (χ0) is 12.8. The van der Waals surface area contributed by atoms with E-state index in [4.69, 9.17) is 4.42 Å². The molecule has 1 amide bonds. The Hall–Kier alpha value is -1.29. The van der Waals surface area contributed by atoms with E-state index >= 15 is 0 Å². The monoisotopic (exact) mass is 250 g/mol. The predicted octanol–water partition coefficient (Wildman–Crippen LogP) is 1.72. The SMILES string of the molecule is CC(CCc1ccco1)NCCNC(=O)C1CC1. The third-order valence-corrected chi connectivity index (χ3v) is 3.27. The number of furan rings is 1. The van der Waals surface area contributed by atoms with Crippen LogP contribution in [0.4, 0.5) is 0 Å². The topological polar surface area (TPSA) is 54.3 Å². The van der Waals surface area contributed by atoms with Crippen LogP contribution in [0.3, 0.4) is 0 Å². The Morgan fingerprint density at radius 2 is 2.33 bits per heavy atom. The molecule has 1 saturated carbocycles. The van der Waals surface area contributed by atoms with Gasteiger partial charge in [-0.3, -0.25) is 4.79 Å². The lowest BCUT2D eigenvalue weighted by Gasteiger charge is -2.13. The molecule has 0 aromatic carbocycles. The molecule has 100 valence electrons. The van der Waals surface area contributed by atoms with E-state index in [0.717, 1.165) is 44.5 Å². The van der Waals surface area contributed by atoms with Crippen LogP contribution in [0.5, 0.6) is 0 Å². The summed E-state index contributed by atoms with van der Waals surface area (Å²) in [5.41, 5.74) is 0. The van der Waals surface area contributed by atoms with Crippen molar-refractivity contribution in [2.75, 3.05) is 13.1 Å². The highest BCUT2D eigenvalue weighted by atomic mass is 16.3. The number of rotatable bonds is 8. The van der Waals surface area contributed by atoms with E-state index in [-0.39, 0.29) is 5.91 Å². The fourth-order valence-electron chi connectivity index (χ4n) is 1.91. The van der Waals surface area contributed by atoms with Crippen molar-refractivity contribution < 1.29 is 9.21 Å². The van der Waals surface area contributed by atoms with Gasteiger partial charge in [-0.05, 0) is 38.3 Å². The minimum absolute atomic E-state index is 0.222. The maximum Gasteiger partial charge on any atom is 0.223 e. The summed E-state index contributed by atoms with van der Waals surface area (Å²) in [4.78, 5) is 11.4. The van der Waals surface area contributed by atoms with Gasteiger partial charge in [0.2, 0.25) is 5.91 Å². The van der Waals surface area contributed by atoms with Crippen molar-refractivity contribution in [1.82, 2.24) is 10.6 Å². The molecule has 1 aliphatic rings. The Balaban J connectivity index is 1.49. The smallest absolute Gasteiger partial charge is 0.223 e. The van der Waals surface area contributed by atoms with E-state index in [9.17, 15) is 4.79 Å². The van der Waals surface area contributed by atoms with Crippen molar-refractivity contribution in [3.63, 3.8) is 0 Å². The minimum Gasteiger partial charge on any atom is -0.469 e. The summed E-state index contributed by atoms with van der Waals surface area (Å²) >= 11 is 0. The molecule has 1 fully saturated rings. The highest BCUT2D eigenvalue weighted by molar-refractivity contribution is 5.80. The third-order valence-electron chi connectivity index (χ3n) is 3.27. The molecule has 18 heavy (non-hydrogen) atoms. The molecule has 0 aliphatic heterocycles. The summed E-state index contributed by atoms with van der Waals surface area (Å²) in [6.07, 6.45) is 5.85. The van der Waals surface area contributed by atoms with Crippen molar-refractivity contribution in [3.05, 3.63) is 24.2 Å². The lowest BCUT2D eigenvalue weighted by Crippen LogP contribution is -2.36. The van der Waals surface area contributed by atoms with E-state index in [1.54, 1.807) is 6.26 Å². The highest BCUT2D eigenvalue weighted by Crippen LogP contribution is 2.28. The average molecular weight is 250 g/mol. The molecule has 4 nitrogen and oxygen atoms in total. The Morgan fingerprint density at radius 1 is 1.50 bits per heavy atom. The summed E-state index contributed by atoms with van der Waals surface area (Å²) < 4.78 is 5.29. The van der Waals surface area contributed by atoms with Gasteiger partial charge in [-0.15, -0.1) is 0 Å². The van der Waals surface area contributed by atoms with Gasteiger partial charge in [0.05, 0.1) is 6.26 Å². The second-order valence-electron chi connectivity index (χ2n) is 5.04. The molecule has 2 rings (SSSR count). The van der Waals surface area contributed by atoms with Crippen molar-refractivity contribution in [2.24, 2.45) is 5.92 Å². The van der Waals surface area contributed by atoms with Crippen LogP contribution in [0.15, 0.2) is 22.8 Å². The van der Waals surface area contributed by atoms with Crippen LogP contribution in [0.2, 0.25) is 0 Å². The number of hydrogen-bond acceptors (Lipinski definition) is 3. The van der Waals surface area contributed by atoms with Crippen molar-refractivity contribution in [1.29, 1.82) is 0 Å². The van der Waals surface area contributed by atoms with Crippen molar-refractivity contribution >= 4 is 5.91 Å². The molecule has 0 radical (unpaired) electrons. The lowest BCUT2D eigenvalue weighted by molar-refractivity contribution is -0.122. The van der Waals surface area contributed by atoms with E-state index in [1.807, 2.05) is 12.1 Å². The van der Waals surface area contributed by atoms with E-state index in [1.165, 1.54) is 0 Å². The van der Waals surface area contributed by atoms with Gasteiger partial charge in [0, 0.05) is 31.5 Å². The van der Waals surface area contributed by atoms with E-state index in [0.29, 0.717) is 12.0 Å². The van der Waals surface area contributed by atoms with Gasteiger partial charge in [0.1, 0.15) is 5.76 Å². The number of carbonyl (C=O) groups is 1. The molecule has 4 heteroatoms. The Bertz CT molecular complexity index is 358. The first-order valence-corrected chi connectivity index (χ1v) is 6.79. The van der Waals surface area contributed by atoms with Crippen LogP contribution in [-0.2, 0) is 11.2 Å². The maximum absolute atomic E-state index is 11.4. The van der Waals surface area contributed by atoms with Gasteiger partial charge in [-0.2, -0.15) is 0 Å². The molecule has 1 atom stereocenters. The summed E-state index contributed by atoms with van der Waals surface area (Å²) in [7, 11) is 0. The predicted molar refractivity (Wildman–Crippen MR) is 70.2 cm³/mol. The zero-order valence-corrected chi connectivity index (χ0v) is 10.9. The Labute approximate surface area is 108 Å². The quantitative estimate of drug-likeness (QED) is 0.691. The van der Waals surface area contributed by atoms with Crippen LogP contribution in [0.25, 0.3) is 0 Å². The first kappa shape index (κ1) is 13.1. The molecule has 0 saturated heterocycles.